The lowest BCUT2D eigenvalue weighted by Gasteiger charge is -2.29. The maximum atomic E-state index is 5.51. The first-order chi connectivity index (χ1) is 14.4. The highest BCUT2D eigenvalue weighted by molar-refractivity contribution is 5.77. The predicted octanol–water partition coefficient (Wildman–Crippen LogP) is 2.40. The second kappa shape index (κ2) is 7.72. The molecule has 1 fully saturated rings. The highest BCUT2D eigenvalue weighted by Crippen LogP contribution is 2.25. The normalized spacial score (nSPS) is 14.7. The summed E-state index contributed by atoms with van der Waals surface area (Å²) in [5, 5.41) is 9.07. The third-order valence-electron chi connectivity index (χ3n) is 4.72. The smallest absolute Gasteiger partial charge is 0.160 e. The fourth-order valence-corrected chi connectivity index (χ4v) is 3.29. The van der Waals surface area contributed by atoms with Crippen molar-refractivity contribution < 1.29 is 4.74 Å². The van der Waals surface area contributed by atoms with Crippen LogP contribution in [0.5, 0.6) is 0 Å². The summed E-state index contributed by atoms with van der Waals surface area (Å²) in [6, 6.07) is 14.1. The Balaban J connectivity index is 1.53. The van der Waals surface area contributed by atoms with Crippen molar-refractivity contribution in [3.8, 4) is 11.3 Å². The number of nitrogens with zero attached hydrogens (tertiary/aromatic N) is 6. The molecule has 0 aliphatic carbocycles. The number of nitrogens with one attached hydrogen (secondary N) is 2. The first kappa shape index (κ1) is 17.4. The molecular weight excluding hydrogens is 368 g/mol. The summed E-state index contributed by atoms with van der Waals surface area (Å²) in [7, 11) is 0. The van der Waals surface area contributed by atoms with Crippen LogP contribution in [0.15, 0.2) is 60.1 Å². The van der Waals surface area contributed by atoms with Crippen LogP contribution in [0.2, 0.25) is 0 Å². The lowest BCUT2D eigenvalue weighted by molar-refractivity contribution is 0.122. The lowest BCUT2D eigenvalue weighted by Crippen LogP contribution is -2.37. The van der Waals surface area contributed by atoms with E-state index in [2.05, 4.69) is 30.4 Å². The number of hydrazone groups is 1. The van der Waals surface area contributed by atoms with Gasteiger partial charge in [-0.25, -0.2) is 9.97 Å². The van der Waals surface area contributed by atoms with Gasteiger partial charge in [-0.1, -0.05) is 30.3 Å². The Morgan fingerprint density at radius 2 is 2.00 bits per heavy atom. The number of rotatable bonds is 5. The summed E-state index contributed by atoms with van der Waals surface area (Å²) in [6.45, 7) is 2.99. The van der Waals surface area contributed by atoms with E-state index in [1.807, 2.05) is 47.0 Å². The van der Waals surface area contributed by atoms with E-state index >= 15 is 0 Å². The third kappa shape index (κ3) is 3.67. The van der Waals surface area contributed by atoms with Gasteiger partial charge in [0.05, 0.1) is 43.3 Å². The van der Waals surface area contributed by atoms with Gasteiger partial charge >= 0.3 is 0 Å². The number of aromatic amines is 1. The van der Waals surface area contributed by atoms with Gasteiger partial charge in [-0.05, 0) is 0 Å². The first-order valence-corrected chi connectivity index (χ1v) is 9.43. The van der Waals surface area contributed by atoms with Crippen molar-refractivity contribution in [3.05, 3.63) is 60.7 Å². The molecule has 1 aromatic carbocycles. The molecule has 4 aromatic rings. The molecule has 1 saturated heterocycles. The van der Waals surface area contributed by atoms with Crippen molar-refractivity contribution in [2.45, 2.75) is 0 Å². The minimum atomic E-state index is 0.647. The minimum Gasteiger partial charge on any atom is -0.378 e. The zero-order chi connectivity index (χ0) is 19.5. The monoisotopic (exact) mass is 388 g/mol. The summed E-state index contributed by atoms with van der Waals surface area (Å²) in [5.74, 6) is 1.61. The molecule has 5 rings (SSSR count). The molecule has 1 aliphatic rings. The number of H-pyrrole nitrogens is 1. The van der Waals surface area contributed by atoms with E-state index in [0.717, 1.165) is 41.5 Å². The Bertz CT molecular complexity index is 1110. The molecule has 0 saturated carbocycles. The van der Waals surface area contributed by atoms with Crippen molar-refractivity contribution >= 4 is 23.5 Å². The number of anilines is 2. The summed E-state index contributed by atoms with van der Waals surface area (Å²) in [4.78, 5) is 13.9. The van der Waals surface area contributed by atoms with Crippen LogP contribution in [0.25, 0.3) is 16.9 Å². The topological polar surface area (TPSA) is 95.7 Å². The standard InChI is InChI=1S/C20H20N8O/c1-2-4-15(5-3-1)17-10-19-24-18(25-23-13-16-12-21-14-22-16)11-20(28(19)26-17)27-6-8-29-9-7-27/h1-5,10-14H,6-9H2,(H,21,22)(H,24,25). The largest absolute Gasteiger partial charge is 0.378 e. The van der Waals surface area contributed by atoms with Gasteiger partial charge in [0, 0.05) is 30.8 Å². The number of imidazole rings is 1. The maximum absolute atomic E-state index is 5.51. The molecule has 2 N–H and O–H groups in total. The zero-order valence-electron chi connectivity index (χ0n) is 15.7. The Morgan fingerprint density at radius 3 is 2.79 bits per heavy atom. The van der Waals surface area contributed by atoms with Crippen molar-refractivity contribution in [1.29, 1.82) is 0 Å². The highest BCUT2D eigenvalue weighted by atomic mass is 16.5. The fraction of sp³-hybridized carbons (Fsp3) is 0.200. The number of ether oxygens (including phenoxy) is 1. The molecular formula is C20H20N8O. The Kier molecular flexibility index (Phi) is 4.63. The first-order valence-electron chi connectivity index (χ1n) is 9.43. The maximum Gasteiger partial charge on any atom is 0.160 e. The molecule has 1 aliphatic heterocycles. The molecule has 9 nitrogen and oxygen atoms in total. The predicted molar refractivity (Wildman–Crippen MR) is 111 cm³/mol. The summed E-state index contributed by atoms with van der Waals surface area (Å²) >= 11 is 0. The zero-order valence-corrected chi connectivity index (χ0v) is 15.7. The van der Waals surface area contributed by atoms with E-state index < -0.39 is 0 Å². The van der Waals surface area contributed by atoms with Crippen LogP contribution in [0.1, 0.15) is 5.69 Å². The second-order valence-electron chi connectivity index (χ2n) is 6.64. The van der Waals surface area contributed by atoms with Gasteiger partial charge in [-0.2, -0.15) is 14.7 Å². The molecule has 0 spiro atoms. The quantitative estimate of drug-likeness (QED) is 0.403. The van der Waals surface area contributed by atoms with Crippen molar-refractivity contribution in [2.24, 2.45) is 5.10 Å². The summed E-state index contributed by atoms with van der Waals surface area (Å²) in [5.41, 5.74) is 6.51. The average molecular weight is 388 g/mol. The van der Waals surface area contributed by atoms with Crippen LogP contribution in [0.3, 0.4) is 0 Å². The summed E-state index contributed by atoms with van der Waals surface area (Å²) < 4.78 is 7.40. The molecule has 0 radical (unpaired) electrons. The van der Waals surface area contributed by atoms with Crippen LogP contribution in [0.4, 0.5) is 11.6 Å². The highest BCUT2D eigenvalue weighted by Gasteiger charge is 2.18. The van der Waals surface area contributed by atoms with Crippen LogP contribution in [0, 0.1) is 0 Å². The van der Waals surface area contributed by atoms with Crippen molar-refractivity contribution in [1.82, 2.24) is 24.6 Å². The third-order valence-corrected chi connectivity index (χ3v) is 4.72. The Morgan fingerprint density at radius 1 is 1.14 bits per heavy atom. The number of morpholine rings is 1. The second-order valence-corrected chi connectivity index (χ2v) is 6.64. The van der Waals surface area contributed by atoms with Gasteiger partial charge in [0.15, 0.2) is 11.5 Å². The number of benzene rings is 1. The molecule has 4 heterocycles. The molecule has 0 unspecified atom stereocenters. The van der Waals surface area contributed by atoms with Crippen molar-refractivity contribution in [2.75, 3.05) is 36.6 Å². The molecule has 0 bridgehead atoms. The molecule has 29 heavy (non-hydrogen) atoms. The molecule has 0 atom stereocenters. The van der Waals surface area contributed by atoms with Crippen molar-refractivity contribution in [3.63, 3.8) is 0 Å². The SMILES string of the molecule is C(=NNc1cc(N2CCOCC2)n2nc(-c3ccccc3)cc2n1)c1cnc[nH]1. The van der Waals surface area contributed by atoms with Gasteiger partial charge in [0.25, 0.3) is 0 Å². The van der Waals surface area contributed by atoms with Gasteiger partial charge < -0.3 is 14.6 Å². The summed E-state index contributed by atoms with van der Waals surface area (Å²) in [6.07, 6.45) is 4.97. The van der Waals surface area contributed by atoms with E-state index in [9.17, 15) is 0 Å². The van der Waals surface area contributed by atoms with E-state index in [-0.39, 0.29) is 0 Å². The number of hydrogen-bond acceptors (Lipinski definition) is 7. The van der Waals surface area contributed by atoms with E-state index in [4.69, 9.17) is 9.84 Å². The fourth-order valence-electron chi connectivity index (χ4n) is 3.29. The Hall–Kier alpha value is -3.72. The van der Waals surface area contributed by atoms with Gasteiger partial charge in [0.1, 0.15) is 5.82 Å². The molecule has 0 amide bonds. The lowest BCUT2D eigenvalue weighted by atomic mass is 10.2. The van der Waals surface area contributed by atoms with Crippen LogP contribution < -0.4 is 10.3 Å². The van der Waals surface area contributed by atoms with E-state index in [0.29, 0.717) is 19.0 Å². The number of hydrogen-bond donors (Lipinski definition) is 2. The van der Waals surface area contributed by atoms with E-state index in [1.54, 1.807) is 18.7 Å². The number of fused-ring (bicyclic) bond motifs is 1. The molecule has 3 aromatic heterocycles. The molecule has 146 valence electrons. The van der Waals surface area contributed by atoms with Gasteiger partial charge in [-0.3, -0.25) is 5.43 Å². The molecule has 9 heteroatoms. The Labute approximate surface area is 167 Å². The van der Waals surface area contributed by atoms with Crippen LogP contribution in [-0.4, -0.2) is 57.1 Å². The van der Waals surface area contributed by atoms with E-state index in [1.165, 1.54) is 0 Å². The van der Waals surface area contributed by atoms with Gasteiger partial charge in [0.2, 0.25) is 0 Å². The van der Waals surface area contributed by atoms with Gasteiger partial charge in [-0.15, -0.1) is 0 Å². The van der Waals surface area contributed by atoms with Crippen LogP contribution in [-0.2, 0) is 4.74 Å². The number of aromatic nitrogens is 5. The minimum absolute atomic E-state index is 0.647. The van der Waals surface area contributed by atoms with Crippen LogP contribution >= 0.6 is 0 Å². The average Bonchev–Trinajstić information content (AvgIpc) is 3.44.